The first kappa shape index (κ1) is 14.6. The summed E-state index contributed by atoms with van der Waals surface area (Å²) < 4.78 is 5.52. The van der Waals surface area contributed by atoms with E-state index in [0.29, 0.717) is 26.2 Å². The Morgan fingerprint density at radius 2 is 1.57 bits per heavy atom. The third-order valence-corrected chi connectivity index (χ3v) is 6.75. The lowest BCUT2D eigenvalue weighted by Gasteiger charge is -2.60. The van der Waals surface area contributed by atoms with E-state index in [0.717, 1.165) is 15.6 Å². The van der Waals surface area contributed by atoms with E-state index in [-0.39, 0.29) is 16.0 Å². The van der Waals surface area contributed by atoms with Crippen molar-refractivity contribution < 1.29 is 24.1 Å². The van der Waals surface area contributed by atoms with Gasteiger partial charge in [0.05, 0.1) is 6.26 Å². The maximum absolute atomic E-state index is 12.0. The first-order valence-electron chi connectivity index (χ1n) is 7.77. The Hall–Kier alpha value is -2.00. The van der Waals surface area contributed by atoms with Crippen LogP contribution in [0.1, 0.15) is 25.8 Å². The van der Waals surface area contributed by atoms with Gasteiger partial charge in [0.1, 0.15) is 5.41 Å². The molecule has 5 heterocycles. The average molecular weight is 324 g/mol. The largest absolute Gasteiger partial charge is 0.457 e. The summed E-state index contributed by atoms with van der Waals surface area (Å²) in [5.74, 6) is 0.753. The number of nitro groups is 2. The van der Waals surface area contributed by atoms with Crippen LogP contribution in [-0.2, 0) is 0 Å². The molecule has 4 aliphatic heterocycles. The molecular formula is C14H20N4O5+2. The molecule has 4 saturated heterocycles. The Balaban J connectivity index is 1.87. The fourth-order valence-electron chi connectivity index (χ4n) is 5.34. The lowest BCUT2D eigenvalue weighted by molar-refractivity contribution is -1.20. The van der Waals surface area contributed by atoms with Crippen LogP contribution in [0.25, 0.3) is 0 Å². The summed E-state index contributed by atoms with van der Waals surface area (Å²) in [7, 11) is 0. The van der Waals surface area contributed by atoms with Crippen molar-refractivity contribution in [2.75, 3.05) is 26.2 Å². The lowest BCUT2D eigenvalue weighted by atomic mass is 9.53. The van der Waals surface area contributed by atoms with Crippen molar-refractivity contribution in [3.8, 4) is 0 Å². The van der Waals surface area contributed by atoms with Gasteiger partial charge in [-0.05, 0) is 26.0 Å². The number of nitrogens with zero attached hydrogens (tertiary/aromatic N) is 2. The zero-order chi connectivity index (χ0) is 16.6. The fourth-order valence-corrected chi connectivity index (χ4v) is 5.34. The number of furan rings is 1. The van der Waals surface area contributed by atoms with Crippen molar-refractivity contribution in [2.24, 2.45) is 5.41 Å². The van der Waals surface area contributed by atoms with Gasteiger partial charge in [-0.25, -0.2) is 0 Å². The van der Waals surface area contributed by atoms with Gasteiger partial charge >= 0.3 is 11.1 Å². The number of piperidine rings is 2. The summed E-state index contributed by atoms with van der Waals surface area (Å²) in [6, 6.07) is 3.65. The van der Waals surface area contributed by atoms with Crippen LogP contribution in [0.5, 0.6) is 0 Å². The summed E-state index contributed by atoms with van der Waals surface area (Å²) in [6.45, 7) is 4.63. The Morgan fingerprint density at radius 3 is 1.91 bits per heavy atom. The highest BCUT2D eigenvalue weighted by molar-refractivity contribution is 5.13. The van der Waals surface area contributed by atoms with Gasteiger partial charge in [-0.3, -0.25) is 30.0 Å². The van der Waals surface area contributed by atoms with Crippen LogP contribution in [0.3, 0.4) is 0 Å². The maximum Gasteiger partial charge on any atom is 0.329 e. The zero-order valence-corrected chi connectivity index (χ0v) is 13.1. The molecule has 0 saturated carbocycles. The summed E-state index contributed by atoms with van der Waals surface area (Å²) >= 11 is 0. The van der Waals surface area contributed by atoms with Crippen molar-refractivity contribution in [3.05, 3.63) is 44.4 Å². The molecule has 0 atom stereocenters. The summed E-state index contributed by atoms with van der Waals surface area (Å²) in [5, 5.41) is 23.9. The summed E-state index contributed by atoms with van der Waals surface area (Å²) in [6.07, 6.45) is 1.49. The lowest BCUT2D eigenvalue weighted by Crippen LogP contribution is -3.43. The van der Waals surface area contributed by atoms with E-state index in [1.54, 1.807) is 26.2 Å². The second-order valence-electron chi connectivity index (χ2n) is 7.67. The Labute approximate surface area is 132 Å². The van der Waals surface area contributed by atoms with Crippen LogP contribution in [0.2, 0.25) is 0 Å². The predicted octanol–water partition coefficient (Wildman–Crippen LogP) is -1.85. The first-order chi connectivity index (χ1) is 10.8. The number of nitrogens with one attached hydrogen (secondary N) is 2. The van der Waals surface area contributed by atoms with E-state index >= 15 is 0 Å². The van der Waals surface area contributed by atoms with Gasteiger partial charge in [0, 0.05) is 9.85 Å². The molecule has 1 aromatic rings. The third-order valence-electron chi connectivity index (χ3n) is 6.75. The van der Waals surface area contributed by atoms with Crippen LogP contribution in [0.15, 0.2) is 22.8 Å². The van der Waals surface area contributed by atoms with Crippen LogP contribution < -0.4 is 9.80 Å². The highest BCUT2D eigenvalue weighted by Crippen LogP contribution is 2.48. The third kappa shape index (κ3) is 1.44. The Bertz CT molecular complexity index is 633. The van der Waals surface area contributed by atoms with Crippen LogP contribution in [0, 0.1) is 25.6 Å². The van der Waals surface area contributed by atoms with Gasteiger partial charge in [0.15, 0.2) is 26.2 Å². The topological polar surface area (TPSA) is 108 Å². The zero-order valence-electron chi connectivity index (χ0n) is 13.1. The molecule has 1 aromatic heterocycles. The smallest absolute Gasteiger partial charge is 0.329 e. The summed E-state index contributed by atoms with van der Waals surface area (Å²) in [4.78, 5) is 25.2. The van der Waals surface area contributed by atoms with Gasteiger partial charge < -0.3 is 4.42 Å². The van der Waals surface area contributed by atoms with Crippen molar-refractivity contribution in [1.82, 2.24) is 0 Å². The van der Waals surface area contributed by atoms with Gasteiger partial charge in [0.2, 0.25) is 5.76 Å². The number of hydrogen-bond donors (Lipinski definition) is 2. The minimum atomic E-state index is -1.27. The van der Waals surface area contributed by atoms with Crippen LogP contribution >= 0.6 is 0 Å². The highest BCUT2D eigenvalue weighted by Gasteiger charge is 2.87. The van der Waals surface area contributed by atoms with E-state index in [9.17, 15) is 20.2 Å². The summed E-state index contributed by atoms with van der Waals surface area (Å²) in [5.41, 5.74) is -3.54. The average Bonchev–Trinajstić information content (AvgIpc) is 2.96. The minimum absolute atomic E-state index is 0.0951. The normalized spacial score (nSPS) is 43.5. The van der Waals surface area contributed by atoms with E-state index in [1.165, 1.54) is 0 Å². The van der Waals surface area contributed by atoms with Gasteiger partial charge in [-0.1, -0.05) is 0 Å². The van der Waals surface area contributed by atoms with Gasteiger partial charge in [-0.15, -0.1) is 0 Å². The van der Waals surface area contributed by atoms with Gasteiger partial charge in [0.25, 0.3) is 6.17 Å². The molecule has 5 rings (SSSR count). The first-order valence-corrected chi connectivity index (χ1v) is 7.77. The molecule has 0 aromatic carbocycles. The molecule has 9 heteroatoms. The second-order valence-corrected chi connectivity index (χ2v) is 7.67. The molecule has 23 heavy (non-hydrogen) atoms. The van der Waals surface area contributed by atoms with Crippen LogP contribution in [-0.4, -0.2) is 47.1 Å². The van der Waals surface area contributed by atoms with E-state index in [4.69, 9.17) is 4.42 Å². The van der Waals surface area contributed by atoms with E-state index in [2.05, 4.69) is 0 Å². The highest BCUT2D eigenvalue weighted by atomic mass is 16.6. The molecule has 0 amide bonds. The number of hydrogen-bond acceptors (Lipinski definition) is 5. The fraction of sp³-hybridized carbons (Fsp3) is 0.714. The van der Waals surface area contributed by atoms with Crippen molar-refractivity contribution >= 4 is 0 Å². The molecular weight excluding hydrogens is 304 g/mol. The van der Waals surface area contributed by atoms with E-state index < -0.39 is 16.5 Å². The van der Waals surface area contributed by atoms with E-state index in [1.807, 2.05) is 6.07 Å². The standard InChI is InChI=1S/C14H18N4O5/c1-12(2)13(17(19)20)6-15-8-14(12,18(21)22)9-16(7-13)11(15)10-4-3-5-23-10/h3-5,11H,6-9H2,1-2H3/p+2. The molecule has 4 bridgehead atoms. The number of rotatable bonds is 3. The minimum Gasteiger partial charge on any atom is -0.457 e. The second kappa shape index (κ2) is 4.09. The molecule has 0 unspecified atom stereocenters. The SMILES string of the molecule is CC1(C)C2([N+](=O)[O-])C[NH+]3CC1([N+](=O)[O-])C[NH+](C2)C3c1ccco1. The van der Waals surface area contributed by atoms with Crippen molar-refractivity contribution in [1.29, 1.82) is 0 Å². The molecule has 0 spiro atoms. The molecule has 2 N–H and O–H groups in total. The van der Waals surface area contributed by atoms with Crippen LogP contribution in [0.4, 0.5) is 0 Å². The Morgan fingerprint density at radius 1 is 1.09 bits per heavy atom. The monoisotopic (exact) mass is 324 g/mol. The maximum atomic E-state index is 12.0. The molecule has 124 valence electrons. The Kier molecular flexibility index (Phi) is 2.60. The molecule has 4 aliphatic rings. The molecule has 0 aliphatic carbocycles. The van der Waals surface area contributed by atoms with Gasteiger partial charge in [-0.2, -0.15) is 0 Å². The predicted molar refractivity (Wildman–Crippen MR) is 76.1 cm³/mol. The molecule has 9 nitrogen and oxygen atoms in total. The van der Waals surface area contributed by atoms with Crippen molar-refractivity contribution in [3.63, 3.8) is 0 Å². The van der Waals surface area contributed by atoms with Crippen molar-refractivity contribution in [2.45, 2.75) is 31.1 Å². The molecule has 0 radical (unpaired) electrons. The quantitative estimate of drug-likeness (QED) is 0.501. The molecule has 4 fully saturated rings. The number of quaternary nitrogens is 2.